The SMILES string of the molecule is CCOC(=O)C1=Cc2cccc(-c3ccccc3CO)c2OCC1. The highest BCUT2D eigenvalue weighted by Gasteiger charge is 2.19. The van der Waals surface area contributed by atoms with Gasteiger partial charge in [-0.2, -0.15) is 0 Å². The lowest BCUT2D eigenvalue weighted by Crippen LogP contribution is -2.09. The molecule has 1 aliphatic heterocycles. The summed E-state index contributed by atoms with van der Waals surface area (Å²) in [5.74, 6) is 0.438. The molecule has 1 aliphatic rings. The normalized spacial score (nSPS) is 13.3. The number of carbonyl (C=O) groups is 1. The van der Waals surface area contributed by atoms with Crippen LogP contribution in [0.1, 0.15) is 24.5 Å². The van der Waals surface area contributed by atoms with E-state index in [9.17, 15) is 9.90 Å². The number of benzene rings is 2. The van der Waals surface area contributed by atoms with Gasteiger partial charge in [-0.3, -0.25) is 0 Å². The minimum Gasteiger partial charge on any atom is -0.492 e. The molecule has 3 rings (SSSR count). The molecule has 0 aromatic heterocycles. The highest BCUT2D eigenvalue weighted by Crippen LogP contribution is 2.38. The number of carbonyl (C=O) groups excluding carboxylic acids is 1. The van der Waals surface area contributed by atoms with Crippen molar-refractivity contribution in [3.8, 4) is 16.9 Å². The van der Waals surface area contributed by atoms with E-state index in [2.05, 4.69) is 0 Å². The van der Waals surface area contributed by atoms with Crippen LogP contribution in [0.4, 0.5) is 0 Å². The van der Waals surface area contributed by atoms with Crippen LogP contribution >= 0.6 is 0 Å². The first-order chi connectivity index (χ1) is 11.7. The van der Waals surface area contributed by atoms with Crippen LogP contribution in [0.25, 0.3) is 17.2 Å². The molecule has 1 N–H and O–H groups in total. The average Bonchev–Trinajstić information content (AvgIpc) is 2.84. The number of ether oxygens (including phenoxy) is 2. The fraction of sp³-hybridized carbons (Fsp3) is 0.250. The van der Waals surface area contributed by atoms with E-state index in [4.69, 9.17) is 9.47 Å². The van der Waals surface area contributed by atoms with Gasteiger partial charge in [-0.15, -0.1) is 0 Å². The number of aliphatic hydroxyl groups is 1. The summed E-state index contributed by atoms with van der Waals surface area (Å²) in [4.78, 5) is 12.0. The van der Waals surface area contributed by atoms with E-state index < -0.39 is 0 Å². The largest absolute Gasteiger partial charge is 0.492 e. The zero-order valence-electron chi connectivity index (χ0n) is 13.6. The van der Waals surface area contributed by atoms with Crippen LogP contribution in [0.3, 0.4) is 0 Å². The van der Waals surface area contributed by atoms with Crippen molar-refractivity contribution in [2.24, 2.45) is 0 Å². The van der Waals surface area contributed by atoms with Gasteiger partial charge in [-0.05, 0) is 24.1 Å². The standard InChI is InChI=1S/C20H20O4/c1-2-23-20(22)15-10-11-24-19-14(12-15)7-5-9-18(19)17-8-4-3-6-16(17)13-21/h3-9,12,21H,2,10-11,13H2,1H3. The zero-order valence-corrected chi connectivity index (χ0v) is 13.6. The van der Waals surface area contributed by atoms with Crippen molar-refractivity contribution < 1.29 is 19.4 Å². The van der Waals surface area contributed by atoms with Crippen molar-refractivity contribution in [1.82, 2.24) is 0 Å². The Labute approximate surface area is 141 Å². The topological polar surface area (TPSA) is 55.8 Å². The summed E-state index contributed by atoms with van der Waals surface area (Å²) in [6.07, 6.45) is 2.35. The molecule has 0 fully saturated rings. The van der Waals surface area contributed by atoms with E-state index in [0.29, 0.717) is 25.2 Å². The van der Waals surface area contributed by atoms with E-state index >= 15 is 0 Å². The predicted octanol–water partition coefficient (Wildman–Crippen LogP) is 3.57. The monoisotopic (exact) mass is 324 g/mol. The minimum absolute atomic E-state index is 0.0379. The van der Waals surface area contributed by atoms with Gasteiger partial charge in [0.2, 0.25) is 0 Å². The van der Waals surface area contributed by atoms with Gasteiger partial charge >= 0.3 is 5.97 Å². The van der Waals surface area contributed by atoms with E-state index in [-0.39, 0.29) is 12.6 Å². The lowest BCUT2D eigenvalue weighted by Gasteiger charge is -2.14. The second-order valence-corrected chi connectivity index (χ2v) is 5.53. The quantitative estimate of drug-likeness (QED) is 0.874. The maximum atomic E-state index is 12.0. The number of esters is 1. The number of rotatable bonds is 4. The number of aliphatic hydroxyl groups excluding tert-OH is 1. The number of fused-ring (bicyclic) bond motifs is 1. The zero-order chi connectivity index (χ0) is 16.9. The van der Waals surface area contributed by atoms with E-state index in [1.807, 2.05) is 48.5 Å². The van der Waals surface area contributed by atoms with Gasteiger partial charge < -0.3 is 14.6 Å². The predicted molar refractivity (Wildman–Crippen MR) is 92.5 cm³/mol. The first-order valence-corrected chi connectivity index (χ1v) is 8.07. The molecule has 0 atom stereocenters. The van der Waals surface area contributed by atoms with Crippen LogP contribution in [0.2, 0.25) is 0 Å². The summed E-state index contributed by atoms with van der Waals surface area (Å²) in [6.45, 7) is 2.52. The van der Waals surface area contributed by atoms with Crippen LogP contribution in [-0.2, 0) is 16.1 Å². The van der Waals surface area contributed by atoms with Crippen LogP contribution in [0, 0.1) is 0 Å². The Balaban J connectivity index is 2.08. The number of hydrogen-bond acceptors (Lipinski definition) is 4. The summed E-state index contributed by atoms with van der Waals surface area (Å²) in [6, 6.07) is 13.5. The molecule has 0 amide bonds. The molecule has 0 saturated carbocycles. The summed E-state index contributed by atoms with van der Waals surface area (Å²) in [7, 11) is 0. The van der Waals surface area contributed by atoms with Gasteiger partial charge in [-0.25, -0.2) is 4.79 Å². The highest BCUT2D eigenvalue weighted by atomic mass is 16.5. The molecule has 2 aromatic carbocycles. The van der Waals surface area contributed by atoms with E-state index in [1.165, 1.54) is 0 Å². The fourth-order valence-electron chi connectivity index (χ4n) is 2.87. The van der Waals surface area contributed by atoms with E-state index in [1.54, 1.807) is 6.92 Å². The Bertz CT molecular complexity index is 777. The van der Waals surface area contributed by atoms with Crippen LogP contribution in [0.5, 0.6) is 5.75 Å². The fourth-order valence-corrected chi connectivity index (χ4v) is 2.87. The molecule has 0 saturated heterocycles. The maximum absolute atomic E-state index is 12.0. The first-order valence-electron chi connectivity index (χ1n) is 8.07. The van der Waals surface area contributed by atoms with Crippen molar-refractivity contribution in [2.45, 2.75) is 20.0 Å². The van der Waals surface area contributed by atoms with Crippen LogP contribution in [-0.4, -0.2) is 24.3 Å². The average molecular weight is 324 g/mol. The minimum atomic E-state index is -0.296. The molecule has 1 heterocycles. The van der Waals surface area contributed by atoms with Crippen molar-refractivity contribution in [2.75, 3.05) is 13.2 Å². The third kappa shape index (κ3) is 3.19. The molecule has 0 aliphatic carbocycles. The maximum Gasteiger partial charge on any atom is 0.334 e. The Kier molecular flexibility index (Phi) is 4.96. The van der Waals surface area contributed by atoms with Gasteiger partial charge in [0, 0.05) is 23.1 Å². The molecule has 24 heavy (non-hydrogen) atoms. The third-order valence-electron chi connectivity index (χ3n) is 4.01. The van der Waals surface area contributed by atoms with Gasteiger partial charge in [0.15, 0.2) is 0 Å². The second kappa shape index (κ2) is 7.32. The summed E-state index contributed by atoms with van der Waals surface area (Å²) in [5.41, 5.74) is 4.15. The molecule has 0 spiro atoms. The molecule has 0 radical (unpaired) electrons. The molecular formula is C20H20O4. The Morgan fingerprint density at radius 1 is 1.17 bits per heavy atom. The van der Waals surface area contributed by atoms with Crippen molar-refractivity contribution >= 4 is 12.0 Å². The molecule has 0 unspecified atom stereocenters. The molecular weight excluding hydrogens is 304 g/mol. The lowest BCUT2D eigenvalue weighted by molar-refractivity contribution is -0.138. The molecule has 124 valence electrons. The molecule has 4 nitrogen and oxygen atoms in total. The smallest absolute Gasteiger partial charge is 0.334 e. The van der Waals surface area contributed by atoms with Crippen LogP contribution < -0.4 is 4.74 Å². The summed E-state index contributed by atoms with van der Waals surface area (Å²) < 4.78 is 11.1. The van der Waals surface area contributed by atoms with Crippen LogP contribution in [0.15, 0.2) is 48.0 Å². The van der Waals surface area contributed by atoms with Gasteiger partial charge in [-0.1, -0.05) is 42.5 Å². The highest BCUT2D eigenvalue weighted by molar-refractivity contribution is 5.95. The molecule has 4 heteroatoms. The second-order valence-electron chi connectivity index (χ2n) is 5.53. The Morgan fingerprint density at radius 2 is 1.96 bits per heavy atom. The first kappa shape index (κ1) is 16.3. The Hall–Kier alpha value is -2.59. The number of para-hydroxylation sites is 1. The van der Waals surface area contributed by atoms with Gasteiger partial charge in [0.1, 0.15) is 5.75 Å². The summed E-state index contributed by atoms with van der Waals surface area (Å²) >= 11 is 0. The Morgan fingerprint density at radius 3 is 2.75 bits per heavy atom. The lowest BCUT2D eigenvalue weighted by atomic mass is 9.96. The summed E-state index contributed by atoms with van der Waals surface area (Å²) in [5, 5.41) is 9.60. The number of hydrogen-bond donors (Lipinski definition) is 1. The van der Waals surface area contributed by atoms with Gasteiger partial charge in [0.25, 0.3) is 0 Å². The third-order valence-corrected chi connectivity index (χ3v) is 4.01. The molecule has 0 bridgehead atoms. The molecule has 2 aromatic rings. The van der Waals surface area contributed by atoms with E-state index in [0.717, 1.165) is 28.0 Å². The van der Waals surface area contributed by atoms with Crippen molar-refractivity contribution in [1.29, 1.82) is 0 Å². The van der Waals surface area contributed by atoms with Crippen molar-refractivity contribution in [3.63, 3.8) is 0 Å². The van der Waals surface area contributed by atoms with Gasteiger partial charge in [0.05, 0.1) is 19.8 Å². The van der Waals surface area contributed by atoms with Crippen molar-refractivity contribution in [3.05, 3.63) is 59.2 Å².